The highest BCUT2D eigenvalue weighted by Gasteiger charge is 2.22. The third-order valence-electron chi connectivity index (χ3n) is 6.86. The number of thioether (sulfide) groups is 1. The predicted octanol–water partition coefficient (Wildman–Crippen LogP) is 5.34. The topological polar surface area (TPSA) is 52.7 Å². The van der Waals surface area contributed by atoms with Gasteiger partial charge in [0.25, 0.3) is 5.91 Å². The van der Waals surface area contributed by atoms with Crippen LogP contribution >= 0.6 is 11.8 Å². The number of carbonyl (C=O) groups is 2. The Labute approximate surface area is 209 Å². The lowest BCUT2D eigenvalue weighted by molar-refractivity contribution is -0.129. The molecule has 0 radical (unpaired) electrons. The lowest BCUT2D eigenvalue weighted by Crippen LogP contribution is -2.39. The molecule has 1 aliphatic rings. The average Bonchev–Trinajstić information content (AvgIpc) is 2.86. The number of nitrogens with one attached hydrogen (secondary N) is 1. The largest absolute Gasteiger partial charge is 0.348 e. The van der Waals surface area contributed by atoms with E-state index in [4.69, 9.17) is 0 Å². The van der Waals surface area contributed by atoms with Crippen LogP contribution in [-0.4, -0.2) is 53.5 Å². The van der Waals surface area contributed by atoms with Crippen LogP contribution in [0.3, 0.4) is 0 Å². The second kappa shape index (κ2) is 13.0. The summed E-state index contributed by atoms with van der Waals surface area (Å²) < 4.78 is 0. The van der Waals surface area contributed by atoms with E-state index in [-0.39, 0.29) is 11.8 Å². The van der Waals surface area contributed by atoms with Gasteiger partial charge in [-0.05, 0) is 57.0 Å². The highest BCUT2D eigenvalue weighted by atomic mass is 32.2. The zero-order valence-corrected chi connectivity index (χ0v) is 21.9. The quantitative estimate of drug-likeness (QED) is 0.466. The predicted molar refractivity (Wildman–Crippen MR) is 141 cm³/mol. The van der Waals surface area contributed by atoms with Crippen molar-refractivity contribution in [2.75, 3.05) is 19.8 Å². The van der Waals surface area contributed by atoms with Crippen LogP contribution in [0.2, 0.25) is 0 Å². The Morgan fingerprint density at radius 2 is 1.62 bits per heavy atom. The molecule has 0 aromatic heterocycles. The van der Waals surface area contributed by atoms with Gasteiger partial charge in [-0.3, -0.25) is 14.5 Å². The van der Waals surface area contributed by atoms with Gasteiger partial charge < -0.3 is 10.2 Å². The van der Waals surface area contributed by atoms with Gasteiger partial charge in [-0.2, -0.15) is 0 Å². The molecule has 0 heterocycles. The van der Waals surface area contributed by atoms with Crippen molar-refractivity contribution in [2.24, 2.45) is 0 Å². The number of hydrogen-bond acceptors (Lipinski definition) is 4. The van der Waals surface area contributed by atoms with Crippen molar-refractivity contribution in [3.63, 3.8) is 0 Å². The molecule has 1 N–H and O–H groups in total. The van der Waals surface area contributed by atoms with E-state index in [0.29, 0.717) is 29.9 Å². The Bertz CT molecular complexity index is 956. The SMILES string of the molecule is CC(C)N(C)Cc1ccccc1CNC(=O)c1ccccc1SCC(=O)N(C)C1CCCCC1. The Balaban J connectivity index is 1.60. The summed E-state index contributed by atoms with van der Waals surface area (Å²) in [5, 5.41) is 3.09. The summed E-state index contributed by atoms with van der Waals surface area (Å²) in [6.45, 7) is 5.67. The average molecular weight is 482 g/mol. The normalized spacial score (nSPS) is 14.4. The third-order valence-corrected chi connectivity index (χ3v) is 7.92. The van der Waals surface area contributed by atoms with Crippen LogP contribution in [0.4, 0.5) is 0 Å². The van der Waals surface area contributed by atoms with Crippen LogP contribution in [0.5, 0.6) is 0 Å². The van der Waals surface area contributed by atoms with Crippen molar-refractivity contribution in [3.8, 4) is 0 Å². The van der Waals surface area contributed by atoms with Gasteiger partial charge in [0.05, 0.1) is 11.3 Å². The number of rotatable bonds is 10. The van der Waals surface area contributed by atoms with Crippen LogP contribution in [-0.2, 0) is 17.9 Å². The fourth-order valence-corrected chi connectivity index (χ4v) is 5.27. The van der Waals surface area contributed by atoms with Gasteiger partial charge in [0.1, 0.15) is 0 Å². The number of hydrogen-bond donors (Lipinski definition) is 1. The molecular weight excluding hydrogens is 442 g/mol. The summed E-state index contributed by atoms with van der Waals surface area (Å²) in [5.41, 5.74) is 2.97. The van der Waals surface area contributed by atoms with Crippen LogP contribution in [0.1, 0.15) is 67.4 Å². The summed E-state index contributed by atoms with van der Waals surface area (Å²) in [5.74, 6) is 0.375. The van der Waals surface area contributed by atoms with Crippen molar-refractivity contribution < 1.29 is 9.59 Å². The highest BCUT2D eigenvalue weighted by Crippen LogP contribution is 2.26. The number of amides is 2. The monoisotopic (exact) mass is 481 g/mol. The van der Waals surface area contributed by atoms with Crippen LogP contribution in [0.15, 0.2) is 53.4 Å². The Kier molecular flexibility index (Phi) is 10.0. The highest BCUT2D eigenvalue weighted by molar-refractivity contribution is 8.00. The Morgan fingerprint density at radius 3 is 2.32 bits per heavy atom. The van der Waals surface area contributed by atoms with Crippen LogP contribution < -0.4 is 5.32 Å². The molecule has 2 aromatic carbocycles. The molecule has 1 fully saturated rings. The van der Waals surface area contributed by atoms with Gasteiger partial charge in [0.15, 0.2) is 0 Å². The molecule has 2 aromatic rings. The minimum atomic E-state index is -0.108. The number of benzene rings is 2. The summed E-state index contributed by atoms with van der Waals surface area (Å²) in [6, 6.07) is 16.6. The van der Waals surface area contributed by atoms with Crippen LogP contribution in [0, 0.1) is 0 Å². The molecule has 1 aliphatic carbocycles. The van der Waals surface area contributed by atoms with Crippen LogP contribution in [0.25, 0.3) is 0 Å². The van der Waals surface area contributed by atoms with Gasteiger partial charge in [-0.25, -0.2) is 0 Å². The molecule has 0 spiro atoms. The molecule has 5 nitrogen and oxygen atoms in total. The molecule has 6 heteroatoms. The molecule has 0 unspecified atom stereocenters. The molecule has 3 rings (SSSR count). The summed E-state index contributed by atoms with van der Waals surface area (Å²) >= 11 is 1.45. The van der Waals surface area contributed by atoms with Crippen molar-refractivity contribution in [2.45, 2.75) is 76.0 Å². The Hall–Kier alpha value is -2.31. The molecule has 34 heavy (non-hydrogen) atoms. The van der Waals surface area contributed by atoms with Crippen molar-refractivity contribution >= 4 is 23.6 Å². The smallest absolute Gasteiger partial charge is 0.252 e. The first kappa shape index (κ1) is 26.3. The Morgan fingerprint density at radius 1 is 0.971 bits per heavy atom. The fraction of sp³-hybridized carbons (Fsp3) is 0.500. The molecular formula is C28H39N3O2S. The standard InChI is InChI=1S/C28H39N3O2S/c1-21(2)30(3)19-23-13-9-8-12-22(23)18-29-28(33)25-16-10-11-17-26(25)34-20-27(32)31(4)24-14-6-5-7-15-24/h8-13,16-17,21,24H,5-7,14-15,18-20H2,1-4H3,(H,29,33). The van der Waals surface area contributed by atoms with E-state index >= 15 is 0 Å². The molecule has 0 atom stereocenters. The fourth-order valence-electron chi connectivity index (χ4n) is 4.30. The lowest BCUT2D eigenvalue weighted by atomic mass is 9.94. The van der Waals surface area contributed by atoms with E-state index in [2.05, 4.69) is 43.2 Å². The first-order chi connectivity index (χ1) is 16.4. The number of carbonyl (C=O) groups excluding carboxylic acids is 2. The van der Waals surface area contributed by atoms with E-state index < -0.39 is 0 Å². The maximum Gasteiger partial charge on any atom is 0.252 e. The summed E-state index contributed by atoms with van der Waals surface area (Å²) in [4.78, 5) is 30.9. The molecule has 184 valence electrons. The second-order valence-electron chi connectivity index (χ2n) is 9.54. The van der Waals surface area contributed by atoms with E-state index in [1.165, 1.54) is 36.6 Å². The van der Waals surface area contributed by atoms with Gasteiger partial charge in [-0.1, -0.05) is 55.7 Å². The van der Waals surface area contributed by atoms with Crippen molar-refractivity contribution in [3.05, 3.63) is 65.2 Å². The zero-order valence-electron chi connectivity index (χ0n) is 21.0. The zero-order chi connectivity index (χ0) is 24.5. The van der Waals surface area contributed by atoms with E-state index in [1.54, 1.807) is 0 Å². The maximum absolute atomic E-state index is 13.1. The lowest BCUT2D eigenvalue weighted by Gasteiger charge is -2.31. The van der Waals surface area contributed by atoms with Gasteiger partial charge in [0, 0.05) is 37.1 Å². The van der Waals surface area contributed by atoms with Crippen molar-refractivity contribution in [1.82, 2.24) is 15.1 Å². The van der Waals surface area contributed by atoms with Crippen molar-refractivity contribution in [1.29, 1.82) is 0 Å². The number of nitrogens with zero attached hydrogens (tertiary/aromatic N) is 2. The minimum Gasteiger partial charge on any atom is -0.348 e. The third kappa shape index (κ3) is 7.34. The molecule has 2 amide bonds. The molecule has 0 bridgehead atoms. The van der Waals surface area contributed by atoms with E-state index in [1.807, 2.05) is 48.3 Å². The molecule has 0 aliphatic heterocycles. The minimum absolute atomic E-state index is 0.108. The summed E-state index contributed by atoms with van der Waals surface area (Å²) in [6.07, 6.45) is 5.87. The molecule has 1 saturated carbocycles. The second-order valence-corrected chi connectivity index (χ2v) is 10.6. The van der Waals surface area contributed by atoms with E-state index in [9.17, 15) is 9.59 Å². The first-order valence-electron chi connectivity index (χ1n) is 12.4. The van der Waals surface area contributed by atoms with E-state index in [0.717, 1.165) is 29.8 Å². The van der Waals surface area contributed by atoms with Gasteiger partial charge in [0.2, 0.25) is 5.91 Å². The van der Waals surface area contributed by atoms with Gasteiger partial charge >= 0.3 is 0 Å². The summed E-state index contributed by atoms with van der Waals surface area (Å²) in [7, 11) is 4.03. The van der Waals surface area contributed by atoms with Gasteiger partial charge in [-0.15, -0.1) is 11.8 Å². The first-order valence-corrected chi connectivity index (χ1v) is 13.4. The maximum atomic E-state index is 13.1. The molecule has 0 saturated heterocycles.